The topological polar surface area (TPSA) is 108 Å². The van der Waals surface area contributed by atoms with E-state index in [2.05, 4.69) is 29.4 Å². The van der Waals surface area contributed by atoms with E-state index in [1.54, 1.807) is 11.0 Å². The number of rotatable bonds is 6. The Morgan fingerprint density at radius 1 is 1.02 bits per heavy atom. The first-order valence-corrected chi connectivity index (χ1v) is 15.7. The van der Waals surface area contributed by atoms with Gasteiger partial charge in [0, 0.05) is 23.4 Å². The molecule has 9 heteroatoms. The third-order valence-corrected chi connectivity index (χ3v) is 9.30. The molecule has 220 valence electrons. The van der Waals surface area contributed by atoms with Crippen LogP contribution in [0.3, 0.4) is 0 Å². The van der Waals surface area contributed by atoms with Crippen LogP contribution in [-0.4, -0.2) is 54.4 Å². The van der Waals surface area contributed by atoms with Crippen LogP contribution in [0, 0.1) is 29.1 Å². The number of amides is 2. The molecule has 0 aromatic carbocycles. The standard InChI is InChI=1S/C31H45N3O5S/c1-20-5-7-21(8-6-20)28(35)34(26-19-25(13-16-31(2,3)4)40-27(26)29(36)37)23-11-9-22(10-12-23)33-30(38)39-24-14-17-32-18-15-24/h19-24,32H,5-12,14-15,17-18H2,1-4H3,(H,33,38)(H,36,37). The van der Waals surface area contributed by atoms with Gasteiger partial charge in [0.25, 0.3) is 0 Å². The number of hydrogen-bond donors (Lipinski definition) is 3. The minimum Gasteiger partial charge on any atom is -0.477 e. The monoisotopic (exact) mass is 571 g/mol. The molecule has 0 radical (unpaired) electrons. The van der Waals surface area contributed by atoms with E-state index in [0.717, 1.165) is 63.0 Å². The van der Waals surface area contributed by atoms with Crippen LogP contribution in [0.25, 0.3) is 0 Å². The Morgan fingerprint density at radius 3 is 2.27 bits per heavy atom. The Labute approximate surface area is 242 Å². The van der Waals surface area contributed by atoms with Crippen LogP contribution < -0.4 is 15.5 Å². The molecule has 4 rings (SSSR count). The number of alkyl carbamates (subject to hydrolysis) is 1. The van der Waals surface area contributed by atoms with Gasteiger partial charge in [0.1, 0.15) is 11.0 Å². The van der Waals surface area contributed by atoms with Gasteiger partial charge < -0.3 is 25.4 Å². The molecule has 40 heavy (non-hydrogen) atoms. The fourth-order valence-corrected chi connectivity index (χ4v) is 6.81. The number of nitrogens with one attached hydrogen (secondary N) is 2. The lowest BCUT2D eigenvalue weighted by atomic mass is 9.81. The highest BCUT2D eigenvalue weighted by Crippen LogP contribution is 2.39. The summed E-state index contributed by atoms with van der Waals surface area (Å²) in [7, 11) is 0. The van der Waals surface area contributed by atoms with Crippen molar-refractivity contribution in [3.8, 4) is 11.8 Å². The Kier molecular flexibility index (Phi) is 10.2. The summed E-state index contributed by atoms with van der Waals surface area (Å²) in [5, 5.41) is 16.4. The summed E-state index contributed by atoms with van der Waals surface area (Å²) in [4.78, 5) is 41.6. The zero-order valence-electron chi connectivity index (χ0n) is 24.4. The summed E-state index contributed by atoms with van der Waals surface area (Å²) >= 11 is 1.15. The number of ether oxygens (including phenoxy) is 1. The molecule has 3 fully saturated rings. The molecule has 0 bridgehead atoms. The van der Waals surface area contributed by atoms with Crippen molar-refractivity contribution in [2.75, 3.05) is 18.0 Å². The number of aromatic carboxylic acids is 1. The molecule has 8 nitrogen and oxygen atoms in total. The van der Waals surface area contributed by atoms with E-state index in [1.165, 1.54) is 0 Å². The van der Waals surface area contributed by atoms with Gasteiger partial charge in [-0.3, -0.25) is 4.79 Å². The van der Waals surface area contributed by atoms with Gasteiger partial charge in [-0.25, -0.2) is 9.59 Å². The minimum absolute atomic E-state index is 0.0208. The molecule has 2 heterocycles. The highest BCUT2D eigenvalue weighted by Gasteiger charge is 2.38. The smallest absolute Gasteiger partial charge is 0.407 e. The first-order chi connectivity index (χ1) is 19.0. The molecule has 2 saturated carbocycles. The Bertz CT molecular complexity index is 1110. The van der Waals surface area contributed by atoms with E-state index in [0.29, 0.717) is 42.2 Å². The highest BCUT2D eigenvalue weighted by atomic mass is 32.1. The predicted molar refractivity (Wildman–Crippen MR) is 158 cm³/mol. The molecule has 2 amide bonds. The van der Waals surface area contributed by atoms with E-state index >= 15 is 0 Å². The van der Waals surface area contributed by atoms with E-state index in [4.69, 9.17) is 4.74 Å². The van der Waals surface area contributed by atoms with Gasteiger partial charge in [0.05, 0.1) is 10.6 Å². The number of thiophene rings is 1. The van der Waals surface area contributed by atoms with Crippen LogP contribution in [-0.2, 0) is 9.53 Å². The Morgan fingerprint density at radius 2 is 1.68 bits per heavy atom. The minimum atomic E-state index is -1.03. The van der Waals surface area contributed by atoms with Crippen molar-refractivity contribution in [2.24, 2.45) is 17.3 Å². The van der Waals surface area contributed by atoms with Crippen LogP contribution >= 0.6 is 11.3 Å². The van der Waals surface area contributed by atoms with Crippen LogP contribution in [0.4, 0.5) is 10.5 Å². The zero-order chi connectivity index (χ0) is 28.9. The molecule has 0 unspecified atom stereocenters. The lowest BCUT2D eigenvalue weighted by Crippen LogP contribution is -2.49. The van der Waals surface area contributed by atoms with Gasteiger partial charge in [-0.2, -0.15) is 0 Å². The Hall–Kier alpha value is -2.57. The number of anilines is 1. The second kappa shape index (κ2) is 13.4. The average Bonchev–Trinajstić information content (AvgIpc) is 3.33. The summed E-state index contributed by atoms with van der Waals surface area (Å²) in [5.74, 6) is 5.85. The molecule has 1 saturated heterocycles. The average molecular weight is 572 g/mol. The summed E-state index contributed by atoms with van der Waals surface area (Å²) in [6.45, 7) is 9.99. The van der Waals surface area contributed by atoms with Crippen LogP contribution in [0.5, 0.6) is 0 Å². The fraction of sp³-hybridized carbons (Fsp3) is 0.710. The third-order valence-electron chi connectivity index (χ3n) is 8.27. The van der Waals surface area contributed by atoms with Crippen molar-refractivity contribution >= 4 is 35.0 Å². The quantitative estimate of drug-likeness (QED) is 0.373. The fourth-order valence-electron chi connectivity index (χ4n) is 5.97. The van der Waals surface area contributed by atoms with Crippen LogP contribution in [0.15, 0.2) is 6.07 Å². The van der Waals surface area contributed by atoms with Crippen molar-refractivity contribution in [1.29, 1.82) is 0 Å². The van der Waals surface area contributed by atoms with Gasteiger partial charge in [0.2, 0.25) is 5.91 Å². The maximum absolute atomic E-state index is 14.1. The Balaban J connectivity index is 1.52. The van der Waals surface area contributed by atoms with Crippen molar-refractivity contribution in [1.82, 2.24) is 10.6 Å². The second-order valence-corrected chi connectivity index (χ2v) is 13.9. The largest absolute Gasteiger partial charge is 0.477 e. The maximum Gasteiger partial charge on any atom is 0.407 e. The molecule has 1 aromatic heterocycles. The molecule has 3 aliphatic rings. The number of piperidine rings is 1. The molecular weight excluding hydrogens is 526 g/mol. The second-order valence-electron chi connectivity index (χ2n) is 12.8. The van der Waals surface area contributed by atoms with Gasteiger partial charge in [-0.15, -0.1) is 11.3 Å². The van der Waals surface area contributed by atoms with Gasteiger partial charge in [0.15, 0.2) is 0 Å². The van der Waals surface area contributed by atoms with Gasteiger partial charge >= 0.3 is 12.1 Å². The number of hydrogen-bond acceptors (Lipinski definition) is 6. The maximum atomic E-state index is 14.1. The normalized spacial score (nSPS) is 25.8. The number of carboxylic acid groups (broad SMARTS) is 1. The molecule has 1 aliphatic heterocycles. The lowest BCUT2D eigenvalue weighted by molar-refractivity contribution is -0.124. The zero-order valence-corrected chi connectivity index (χ0v) is 25.2. The summed E-state index contributed by atoms with van der Waals surface area (Å²) in [5.41, 5.74) is 0.253. The van der Waals surface area contributed by atoms with E-state index in [9.17, 15) is 19.5 Å². The molecule has 2 aliphatic carbocycles. The molecule has 0 atom stereocenters. The van der Waals surface area contributed by atoms with E-state index in [-0.39, 0.29) is 46.4 Å². The van der Waals surface area contributed by atoms with Crippen molar-refractivity contribution in [3.63, 3.8) is 0 Å². The highest BCUT2D eigenvalue weighted by molar-refractivity contribution is 7.15. The van der Waals surface area contributed by atoms with Crippen molar-refractivity contribution in [2.45, 2.75) is 110 Å². The third kappa shape index (κ3) is 8.23. The first kappa shape index (κ1) is 30.4. The van der Waals surface area contributed by atoms with E-state index in [1.807, 2.05) is 20.8 Å². The number of nitrogens with zero attached hydrogens (tertiary/aromatic N) is 1. The van der Waals surface area contributed by atoms with Gasteiger partial charge in [-0.1, -0.05) is 18.8 Å². The predicted octanol–water partition coefficient (Wildman–Crippen LogP) is 5.79. The molecule has 0 spiro atoms. The lowest BCUT2D eigenvalue weighted by Gasteiger charge is -2.39. The van der Waals surface area contributed by atoms with E-state index < -0.39 is 5.97 Å². The molecule has 3 N–H and O–H groups in total. The summed E-state index contributed by atoms with van der Waals surface area (Å²) in [6.07, 6.45) is 7.71. The molecular formula is C31H45N3O5S. The first-order valence-electron chi connectivity index (χ1n) is 14.9. The summed E-state index contributed by atoms with van der Waals surface area (Å²) < 4.78 is 5.62. The van der Waals surface area contributed by atoms with Crippen molar-refractivity contribution < 1.29 is 24.2 Å². The van der Waals surface area contributed by atoms with Crippen LogP contribution in [0.1, 0.15) is 106 Å². The number of carbonyl (C=O) groups excluding carboxylic acids is 2. The number of carboxylic acids is 1. The van der Waals surface area contributed by atoms with Crippen LogP contribution in [0.2, 0.25) is 0 Å². The molecule has 1 aromatic rings. The van der Waals surface area contributed by atoms with Gasteiger partial charge in [-0.05, 0) is 110 Å². The SMILES string of the molecule is CC1CCC(C(=O)N(c2cc(C#CC(C)(C)C)sc2C(=O)O)C2CCC(NC(=O)OC3CCNCC3)CC2)CC1. The van der Waals surface area contributed by atoms with Crippen molar-refractivity contribution in [3.05, 3.63) is 15.8 Å². The number of carbonyl (C=O) groups is 3. The summed E-state index contributed by atoms with van der Waals surface area (Å²) in [6, 6.07) is 1.66.